The van der Waals surface area contributed by atoms with Gasteiger partial charge in [-0.3, -0.25) is 4.79 Å². The van der Waals surface area contributed by atoms with Crippen LogP contribution < -0.4 is 9.47 Å². The Bertz CT molecular complexity index is 455. The molecule has 0 saturated heterocycles. The van der Waals surface area contributed by atoms with Crippen LogP contribution in [0.2, 0.25) is 0 Å². The van der Waals surface area contributed by atoms with E-state index >= 15 is 0 Å². The lowest BCUT2D eigenvalue weighted by molar-refractivity contribution is -0.135. The van der Waals surface area contributed by atoms with Crippen molar-refractivity contribution in [2.45, 2.75) is 45.6 Å². The van der Waals surface area contributed by atoms with Gasteiger partial charge in [-0.2, -0.15) is 0 Å². The molecule has 0 aromatic heterocycles. The van der Waals surface area contributed by atoms with Crippen LogP contribution in [-0.4, -0.2) is 36.6 Å². The van der Waals surface area contributed by atoms with Crippen LogP contribution in [0.1, 0.15) is 39.5 Å². The summed E-state index contributed by atoms with van der Waals surface area (Å²) < 4.78 is 11.2. The van der Waals surface area contributed by atoms with E-state index in [0.717, 1.165) is 19.4 Å². The molecule has 4 nitrogen and oxygen atoms in total. The van der Waals surface area contributed by atoms with Crippen LogP contribution in [-0.2, 0) is 4.79 Å². The van der Waals surface area contributed by atoms with Gasteiger partial charge in [0.25, 0.3) is 5.91 Å². The molecule has 0 N–H and O–H groups in total. The normalized spacial score (nSPS) is 15.0. The van der Waals surface area contributed by atoms with E-state index < -0.39 is 0 Å². The average Bonchev–Trinajstić information content (AvgIpc) is 3.01. The summed E-state index contributed by atoms with van der Waals surface area (Å²) in [5.41, 5.74) is 0. The third kappa shape index (κ3) is 4.13. The average molecular weight is 291 g/mol. The highest BCUT2D eigenvalue weighted by Crippen LogP contribution is 2.27. The summed E-state index contributed by atoms with van der Waals surface area (Å²) in [5.74, 6) is 1.39. The van der Waals surface area contributed by atoms with Crippen LogP contribution in [0.5, 0.6) is 11.5 Å². The molecule has 0 atom stereocenters. The number of amides is 1. The Balaban J connectivity index is 1.93. The Kier molecular flexibility index (Phi) is 5.90. The van der Waals surface area contributed by atoms with Gasteiger partial charge in [-0.15, -0.1) is 0 Å². The molecule has 2 rings (SSSR count). The molecule has 1 amide bonds. The Labute approximate surface area is 127 Å². The number of likely N-dealkylation sites (N-methyl/N-ethyl adjacent to an activating group) is 1. The number of benzene rings is 1. The summed E-state index contributed by atoms with van der Waals surface area (Å²) in [6.07, 6.45) is 4.69. The number of carbonyl (C=O) groups is 1. The largest absolute Gasteiger partial charge is 0.490 e. The quantitative estimate of drug-likeness (QED) is 0.774. The fourth-order valence-electron chi connectivity index (χ4n) is 2.92. The maximum absolute atomic E-state index is 12.4. The summed E-state index contributed by atoms with van der Waals surface area (Å²) in [6, 6.07) is 7.88. The van der Waals surface area contributed by atoms with Crippen molar-refractivity contribution in [2.75, 3.05) is 19.8 Å². The molecule has 0 heterocycles. The highest BCUT2D eigenvalue weighted by molar-refractivity contribution is 5.78. The van der Waals surface area contributed by atoms with Gasteiger partial charge in [0.15, 0.2) is 18.1 Å². The van der Waals surface area contributed by atoms with Gasteiger partial charge in [0.2, 0.25) is 0 Å². The molecule has 1 aromatic carbocycles. The molecule has 1 aliphatic rings. The second-order valence-electron chi connectivity index (χ2n) is 5.29. The Morgan fingerprint density at radius 2 is 1.76 bits per heavy atom. The molecule has 0 aliphatic heterocycles. The summed E-state index contributed by atoms with van der Waals surface area (Å²) in [4.78, 5) is 14.3. The number of ether oxygens (including phenoxy) is 2. The Morgan fingerprint density at radius 1 is 1.14 bits per heavy atom. The zero-order valence-corrected chi connectivity index (χ0v) is 13.0. The van der Waals surface area contributed by atoms with Gasteiger partial charge in [-0.05, 0) is 38.8 Å². The van der Waals surface area contributed by atoms with Crippen LogP contribution in [0.3, 0.4) is 0 Å². The van der Waals surface area contributed by atoms with E-state index in [1.165, 1.54) is 12.8 Å². The zero-order valence-electron chi connectivity index (χ0n) is 13.0. The lowest BCUT2D eigenvalue weighted by Gasteiger charge is -2.27. The van der Waals surface area contributed by atoms with Crippen molar-refractivity contribution in [2.24, 2.45) is 0 Å². The predicted molar refractivity (Wildman–Crippen MR) is 82.7 cm³/mol. The molecule has 1 fully saturated rings. The van der Waals surface area contributed by atoms with Crippen molar-refractivity contribution in [3.8, 4) is 11.5 Å². The monoisotopic (exact) mass is 291 g/mol. The minimum Gasteiger partial charge on any atom is -0.490 e. The molecule has 0 bridgehead atoms. The maximum Gasteiger partial charge on any atom is 0.260 e. The molecular formula is C17H25NO3. The number of nitrogens with zero attached hydrogens (tertiary/aromatic N) is 1. The van der Waals surface area contributed by atoms with Crippen LogP contribution in [0.15, 0.2) is 24.3 Å². The van der Waals surface area contributed by atoms with Gasteiger partial charge >= 0.3 is 0 Å². The van der Waals surface area contributed by atoms with Crippen LogP contribution in [0.4, 0.5) is 0 Å². The smallest absolute Gasteiger partial charge is 0.260 e. The SMILES string of the molecule is CCOc1ccccc1OCC(=O)N(CC)C1CCCC1. The number of hydrogen-bond donors (Lipinski definition) is 0. The molecule has 1 saturated carbocycles. The summed E-state index contributed by atoms with van der Waals surface area (Å²) >= 11 is 0. The van der Waals surface area contributed by atoms with E-state index in [9.17, 15) is 4.79 Å². The van der Waals surface area contributed by atoms with E-state index in [1.54, 1.807) is 0 Å². The van der Waals surface area contributed by atoms with Crippen molar-refractivity contribution < 1.29 is 14.3 Å². The molecule has 21 heavy (non-hydrogen) atoms. The fraction of sp³-hybridized carbons (Fsp3) is 0.588. The van der Waals surface area contributed by atoms with E-state index in [2.05, 4.69) is 0 Å². The topological polar surface area (TPSA) is 38.8 Å². The molecule has 4 heteroatoms. The third-order valence-corrected chi connectivity index (χ3v) is 3.93. The maximum atomic E-state index is 12.4. The van der Waals surface area contributed by atoms with Crippen molar-refractivity contribution >= 4 is 5.91 Å². The molecule has 1 aromatic rings. The number of para-hydroxylation sites is 2. The van der Waals surface area contributed by atoms with Gasteiger partial charge < -0.3 is 14.4 Å². The first-order valence-corrected chi connectivity index (χ1v) is 7.90. The minimum atomic E-state index is 0.0655. The first-order valence-electron chi connectivity index (χ1n) is 7.90. The van der Waals surface area contributed by atoms with Crippen LogP contribution >= 0.6 is 0 Å². The molecule has 0 spiro atoms. The molecule has 0 radical (unpaired) electrons. The third-order valence-electron chi connectivity index (χ3n) is 3.93. The van der Waals surface area contributed by atoms with E-state index in [-0.39, 0.29) is 12.5 Å². The standard InChI is InChI=1S/C17H25NO3/c1-3-18(14-9-5-6-10-14)17(19)13-21-16-12-8-7-11-15(16)20-4-2/h7-8,11-12,14H,3-6,9-10,13H2,1-2H3. The van der Waals surface area contributed by atoms with E-state index in [1.807, 2.05) is 43.0 Å². The van der Waals surface area contributed by atoms with Crippen LogP contribution in [0, 0.1) is 0 Å². The van der Waals surface area contributed by atoms with Crippen molar-refractivity contribution in [1.82, 2.24) is 4.90 Å². The predicted octanol–water partition coefficient (Wildman–Crippen LogP) is 3.26. The first-order chi connectivity index (χ1) is 10.3. The van der Waals surface area contributed by atoms with E-state index in [4.69, 9.17) is 9.47 Å². The summed E-state index contributed by atoms with van der Waals surface area (Å²) in [7, 11) is 0. The molecule has 0 unspecified atom stereocenters. The fourth-order valence-corrected chi connectivity index (χ4v) is 2.92. The first kappa shape index (κ1) is 15.7. The number of rotatable bonds is 7. The van der Waals surface area contributed by atoms with E-state index in [0.29, 0.717) is 24.1 Å². The van der Waals surface area contributed by atoms with Crippen molar-refractivity contribution in [3.05, 3.63) is 24.3 Å². The van der Waals surface area contributed by atoms with Crippen molar-refractivity contribution in [3.63, 3.8) is 0 Å². The Morgan fingerprint density at radius 3 is 2.33 bits per heavy atom. The minimum absolute atomic E-state index is 0.0655. The number of carbonyl (C=O) groups excluding carboxylic acids is 1. The van der Waals surface area contributed by atoms with Crippen molar-refractivity contribution in [1.29, 1.82) is 0 Å². The number of hydrogen-bond acceptors (Lipinski definition) is 3. The van der Waals surface area contributed by atoms with Gasteiger partial charge in [0.1, 0.15) is 0 Å². The molecular weight excluding hydrogens is 266 g/mol. The lowest BCUT2D eigenvalue weighted by Crippen LogP contribution is -2.41. The zero-order chi connectivity index (χ0) is 15.1. The lowest BCUT2D eigenvalue weighted by atomic mass is 10.2. The second-order valence-corrected chi connectivity index (χ2v) is 5.29. The van der Waals surface area contributed by atoms with Gasteiger partial charge in [0.05, 0.1) is 6.61 Å². The van der Waals surface area contributed by atoms with Crippen LogP contribution in [0.25, 0.3) is 0 Å². The Hall–Kier alpha value is -1.71. The van der Waals surface area contributed by atoms with Gasteiger partial charge in [-0.1, -0.05) is 25.0 Å². The molecule has 1 aliphatic carbocycles. The van der Waals surface area contributed by atoms with Gasteiger partial charge in [0, 0.05) is 12.6 Å². The molecule has 116 valence electrons. The highest BCUT2D eigenvalue weighted by atomic mass is 16.5. The summed E-state index contributed by atoms with van der Waals surface area (Å²) in [6.45, 7) is 5.37. The second kappa shape index (κ2) is 7.91. The van der Waals surface area contributed by atoms with Gasteiger partial charge in [-0.25, -0.2) is 0 Å². The highest BCUT2D eigenvalue weighted by Gasteiger charge is 2.25. The summed E-state index contributed by atoms with van der Waals surface area (Å²) in [5, 5.41) is 0.